The summed E-state index contributed by atoms with van der Waals surface area (Å²) in [5, 5.41) is 7.24. The van der Waals surface area contributed by atoms with Crippen LogP contribution >= 0.6 is 11.6 Å². The van der Waals surface area contributed by atoms with Crippen LogP contribution in [0.2, 0.25) is 5.02 Å². The minimum absolute atomic E-state index is 0.213. The van der Waals surface area contributed by atoms with E-state index in [4.69, 9.17) is 25.8 Å². The maximum absolute atomic E-state index is 12.6. The van der Waals surface area contributed by atoms with Gasteiger partial charge in [0, 0.05) is 21.8 Å². The van der Waals surface area contributed by atoms with E-state index in [0.717, 1.165) is 12.0 Å². The number of carbonyl (C=O) groups excluding carboxylic acids is 2. The number of ether oxygens (including phenoxy) is 3. The minimum atomic E-state index is -0.437. The third kappa shape index (κ3) is 7.74. The highest BCUT2D eigenvalue weighted by Gasteiger charge is 2.11. The Kier molecular flexibility index (Phi) is 9.71. The van der Waals surface area contributed by atoms with Gasteiger partial charge in [-0.3, -0.25) is 9.59 Å². The van der Waals surface area contributed by atoms with Crippen LogP contribution in [0.3, 0.4) is 0 Å². The molecule has 0 aliphatic carbocycles. The number of amides is 2. The molecule has 36 heavy (non-hydrogen) atoms. The zero-order chi connectivity index (χ0) is 25.9. The fourth-order valence-electron chi connectivity index (χ4n) is 3.09. The Labute approximate surface area is 215 Å². The number of rotatable bonds is 11. The summed E-state index contributed by atoms with van der Waals surface area (Å²) in [4.78, 5) is 24.8. The molecule has 0 fully saturated rings. The van der Waals surface area contributed by atoms with E-state index in [1.54, 1.807) is 36.4 Å². The molecule has 0 atom stereocenters. The second-order valence-corrected chi connectivity index (χ2v) is 8.23. The summed E-state index contributed by atoms with van der Waals surface area (Å²) in [6.45, 7) is 4.30. The number of aryl methyl sites for hydroxylation is 1. The molecule has 3 aromatic carbocycles. The monoisotopic (exact) mass is 509 g/mol. The van der Waals surface area contributed by atoms with Gasteiger partial charge in [0.1, 0.15) is 5.75 Å². The van der Waals surface area contributed by atoms with Gasteiger partial charge in [0.2, 0.25) is 0 Å². The number of anilines is 1. The normalized spacial score (nSPS) is 10.7. The molecule has 0 aliphatic heterocycles. The summed E-state index contributed by atoms with van der Waals surface area (Å²) in [6, 6.07) is 17.2. The van der Waals surface area contributed by atoms with Crippen LogP contribution in [0, 0.1) is 6.92 Å². The van der Waals surface area contributed by atoms with E-state index >= 15 is 0 Å². The number of nitrogens with zero attached hydrogens (tertiary/aromatic N) is 1. The van der Waals surface area contributed by atoms with Crippen molar-refractivity contribution in [3.8, 4) is 17.2 Å². The first kappa shape index (κ1) is 26.6. The number of hydrazone groups is 1. The first-order valence-electron chi connectivity index (χ1n) is 11.3. The predicted octanol–water partition coefficient (Wildman–Crippen LogP) is 5.23. The number of carbonyl (C=O) groups is 2. The molecule has 3 aromatic rings. The maximum atomic E-state index is 12.6. The first-order chi connectivity index (χ1) is 17.4. The lowest BCUT2D eigenvalue weighted by Crippen LogP contribution is -2.20. The molecule has 0 aromatic heterocycles. The Bertz CT molecular complexity index is 1230. The number of benzene rings is 3. The Morgan fingerprint density at radius 1 is 0.972 bits per heavy atom. The molecule has 188 valence electrons. The van der Waals surface area contributed by atoms with Crippen LogP contribution in [0.1, 0.15) is 34.8 Å². The molecule has 8 nitrogen and oxygen atoms in total. The van der Waals surface area contributed by atoms with Crippen molar-refractivity contribution in [2.45, 2.75) is 20.3 Å². The molecule has 0 saturated heterocycles. The lowest BCUT2D eigenvalue weighted by Gasteiger charge is -2.11. The lowest BCUT2D eigenvalue weighted by molar-refractivity contribution is -0.118. The van der Waals surface area contributed by atoms with Crippen LogP contribution in [0.15, 0.2) is 65.8 Å². The minimum Gasteiger partial charge on any atom is -0.493 e. The fraction of sp³-hybridized carbons (Fsp3) is 0.222. The molecule has 0 unspecified atom stereocenters. The van der Waals surface area contributed by atoms with Gasteiger partial charge in [-0.25, -0.2) is 5.43 Å². The summed E-state index contributed by atoms with van der Waals surface area (Å²) in [7, 11) is 1.51. The van der Waals surface area contributed by atoms with Crippen LogP contribution < -0.4 is 25.0 Å². The van der Waals surface area contributed by atoms with Gasteiger partial charge in [0.15, 0.2) is 18.1 Å². The predicted molar refractivity (Wildman–Crippen MR) is 141 cm³/mol. The van der Waals surface area contributed by atoms with Crippen molar-refractivity contribution >= 4 is 35.3 Å². The topological polar surface area (TPSA) is 98.3 Å². The average Bonchev–Trinajstić information content (AvgIpc) is 2.88. The second kappa shape index (κ2) is 13.2. The van der Waals surface area contributed by atoms with Crippen molar-refractivity contribution in [3.63, 3.8) is 0 Å². The van der Waals surface area contributed by atoms with Gasteiger partial charge in [-0.1, -0.05) is 36.2 Å². The number of methoxy groups -OCH3 is 1. The van der Waals surface area contributed by atoms with E-state index in [-0.39, 0.29) is 12.5 Å². The number of hydrogen-bond acceptors (Lipinski definition) is 6. The van der Waals surface area contributed by atoms with Crippen molar-refractivity contribution in [1.29, 1.82) is 0 Å². The molecule has 3 rings (SSSR count). The summed E-state index contributed by atoms with van der Waals surface area (Å²) < 4.78 is 16.6. The molecule has 9 heteroatoms. The van der Waals surface area contributed by atoms with Crippen LogP contribution in [0.25, 0.3) is 0 Å². The van der Waals surface area contributed by atoms with Gasteiger partial charge in [-0.2, -0.15) is 5.10 Å². The zero-order valence-electron chi connectivity index (χ0n) is 20.3. The summed E-state index contributed by atoms with van der Waals surface area (Å²) in [5.41, 5.74) is 5.08. The highest BCUT2D eigenvalue weighted by molar-refractivity contribution is 6.30. The van der Waals surface area contributed by atoms with E-state index in [2.05, 4.69) is 15.8 Å². The maximum Gasteiger partial charge on any atom is 0.271 e. The zero-order valence-corrected chi connectivity index (χ0v) is 21.1. The van der Waals surface area contributed by atoms with Crippen LogP contribution in [0.4, 0.5) is 5.69 Å². The largest absolute Gasteiger partial charge is 0.493 e. The summed E-state index contributed by atoms with van der Waals surface area (Å²) in [6.07, 6.45) is 2.25. The van der Waals surface area contributed by atoms with E-state index < -0.39 is 5.91 Å². The van der Waals surface area contributed by atoms with Crippen molar-refractivity contribution < 1.29 is 23.8 Å². The van der Waals surface area contributed by atoms with Crippen LogP contribution in [-0.4, -0.2) is 38.4 Å². The molecule has 0 spiro atoms. The highest BCUT2D eigenvalue weighted by atomic mass is 35.5. The van der Waals surface area contributed by atoms with E-state index in [9.17, 15) is 9.59 Å². The van der Waals surface area contributed by atoms with E-state index in [1.165, 1.54) is 13.3 Å². The first-order valence-corrected chi connectivity index (χ1v) is 11.7. The Hall–Kier alpha value is -4.04. The SMILES string of the molecule is CCCOc1ccc(C(=O)N/N=C/c2cc(Cl)ccc2OCC(=O)Nc2ccc(C)cc2)cc1OC. The highest BCUT2D eigenvalue weighted by Crippen LogP contribution is 2.28. The molecule has 0 heterocycles. The Morgan fingerprint density at radius 3 is 2.44 bits per heavy atom. The van der Waals surface area contributed by atoms with Gasteiger partial charge in [-0.05, 0) is 61.9 Å². The number of hydrogen-bond donors (Lipinski definition) is 2. The summed E-state index contributed by atoms with van der Waals surface area (Å²) >= 11 is 6.11. The van der Waals surface area contributed by atoms with E-state index in [0.29, 0.717) is 45.7 Å². The molecule has 2 amide bonds. The molecule has 0 bridgehead atoms. The number of halogens is 1. The standard InChI is InChI=1S/C27H28ClN3O5/c1-4-13-35-24-11-7-19(15-25(24)34-3)27(33)31-29-16-20-14-21(28)8-12-23(20)36-17-26(32)30-22-9-5-18(2)6-10-22/h5-12,14-16H,4,13,17H2,1-3H3,(H,30,32)(H,31,33)/b29-16+. The van der Waals surface area contributed by atoms with E-state index in [1.807, 2.05) is 38.1 Å². The third-order valence-corrected chi connectivity index (χ3v) is 5.16. The van der Waals surface area contributed by atoms with Crippen LogP contribution in [-0.2, 0) is 4.79 Å². The third-order valence-electron chi connectivity index (χ3n) is 4.92. The Morgan fingerprint density at radius 2 is 1.72 bits per heavy atom. The second-order valence-electron chi connectivity index (χ2n) is 7.80. The smallest absolute Gasteiger partial charge is 0.271 e. The van der Waals surface area contributed by atoms with Crippen molar-refractivity contribution in [2.24, 2.45) is 5.10 Å². The van der Waals surface area contributed by atoms with Gasteiger partial charge in [0.05, 0.1) is 19.9 Å². The lowest BCUT2D eigenvalue weighted by atomic mass is 10.2. The fourth-order valence-corrected chi connectivity index (χ4v) is 3.27. The average molecular weight is 510 g/mol. The van der Waals surface area contributed by atoms with Gasteiger partial charge < -0.3 is 19.5 Å². The quantitative estimate of drug-likeness (QED) is 0.272. The van der Waals surface area contributed by atoms with Crippen LogP contribution in [0.5, 0.6) is 17.2 Å². The van der Waals surface area contributed by atoms with Crippen molar-refractivity contribution in [1.82, 2.24) is 5.43 Å². The van der Waals surface area contributed by atoms with Gasteiger partial charge >= 0.3 is 0 Å². The molecule has 0 saturated carbocycles. The number of nitrogens with one attached hydrogen (secondary N) is 2. The van der Waals surface area contributed by atoms with Crippen molar-refractivity contribution in [3.05, 3.63) is 82.4 Å². The molecule has 0 aliphatic rings. The summed E-state index contributed by atoms with van der Waals surface area (Å²) in [5.74, 6) is 0.649. The molecule has 2 N–H and O–H groups in total. The molecular weight excluding hydrogens is 482 g/mol. The van der Waals surface area contributed by atoms with Gasteiger partial charge in [-0.15, -0.1) is 0 Å². The molecule has 0 radical (unpaired) electrons. The molecular formula is C27H28ClN3O5. The Balaban J connectivity index is 1.62. The van der Waals surface area contributed by atoms with Gasteiger partial charge in [0.25, 0.3) is 11.8 Å². The van der Waals surface area contributed by atoms with Crippen molar-refractivity contribution in [2.75, 3.05) is 25.6 Å².